The van der Waals surface area contributed by atoms with Gasteiger partial charge in [0.05, 0.1) is 10.2 Å². The molecule has 1 atom stereocenters. The fourth-order valence-corrected chi connectivity index (χ4v) is 5.18. The maximum atomic E-state index is 15.9. The Balaban J connectivity index is 1.63. The molecule has 1 amide bonds. The average Bonchev–Trinajstić information content (AvgIpc) is 3.28. The third kappa shape index (κ3) is 7.22. The lowest BCUT2D eigenvalue weighted by molar-refractivity contribution is -0.0683. The summed E-state index contributed by atoms with van der Waals surface area (Å²) in [6.07, 6.45) is -6.39. The van der Waals surface area contributed by atoms with E-state index in [0.717, 1.165) is 28.6 Å². The van der Waals surface area contributed by atoms with Gasteiger partial charge in [0.1, 0.15) is 41.0 Å². The van der Waals surface area contributed by atoms with Crippen LogP contribution in [0.25, 0.3) is 28.0 Å². The molecule has 46 heavy (non-hydrogen) atoms. The Morgan fingerprint density at radius 2 is 1.63 bits per heavy atom. The predicted molar refractivity (Wildman–Crippen MR) is 164 cm³/mol. The van der Waals surface area contributed by atoms with E-state index >= 15 is 8.78 Å². The first-order valence-electron chi connectivity index (χ1n) is 13.7. The van der Waals surface area contributed by atoms with Crippen LogP contribution in [-0.4, -0.2) is 39.0 Å². The van der Waals surface area contributed by atoms with Crippen LogP contribution in [0.4, 0.5) is 32.4 Å². The van der Waals surface area contributed by atoms with Crippen LogP contribution < -0.4 is 14.8 Å². The number of hydrogen-bond acceptors (Lipinski definition) is 6. The zero-order valence-corrected chi connectivity index (χ0v) is 26.1. The summed E-state index contributed by atoms with van der Waals surface area (Å²) in [5.74, 6) is -3.00. The van der Waals surface area contributed by atoms with Gasteiger partial charge in [-0.25, -0.2) is 27.3 Å². The fraction of sp³-hybridized carbons (Fsp3) is 0.219. The zero-order valence-electron chi connectivity index (χ0n) is 24.5. The highest BCUT2D eigenvalue weighted by atomic mass is 79.9. The Hall–Kier alpha value is -4.72. The van der Waals surface area contributed by atoms with Crippen molar-refractivity contribution in [1.29, 1.82) is 0 Å². The van der Waals surface area contributed by atoms with E-state index in [1.807, 2.05) is 6.07 Å². The predicted octanol–water partition coefficient (Wildman–Crippen LogP) is 8.99. The second-order valence-electron chi connectivity index (χ2n) is 10.9. The minimum atomic E-state index is -3.53. The summed E-state index contributed by atoms with van der Waals surface area (Å²) in [7, 11) is 0. The van der Waals surface area contributed by atoms with Crippen molar-refractivity contribution in [3.8, 4) is 28.6 Å². The van der Waals surface area contributed by atoms with Gasteiger partial charge in [0, 0.05) is 17.8 Å². The van der Waals surface area contributed by atoms with Gasteiger partial charge in [-0.2, -0.15) is 9.37 Å². The van der Waals surface area contributed by atoms with Gasteiger partial charge in [-0.05, 0) is 60.0 Å². The molecule has 0 radical (unpaired) electrons. The van der Waals surface area contributed by atoms with Gasteiger partial charge in [-0.15, -0.1) is 0 Å². The SMILES string of the molecule is CC(C)(C)OC(=O)Nc1ccc(-c2c(Br)c3ncnc(OC(F)C(F)F)c3n2-c2c(F)cc(OCc3ccccc3)cc2F)cc1. The second kappa shape index (κ2) is 13.3. The molecule has 5 rings (SSSR count). The number of anilines is 1. The maximum Gasteiger partial charge on any atom is 0.412 e. The summed E-state index contributed by atoms with van der Waals surface area (Å²) in [6, 6.07) is 17.0. The molecule has 1 N–H and O–H groups in total. The number of rotatable bonds is 9. The van der Waals surface area contributed by atoms with Crippen molar-refractivity contribution in [1.82, 2.24) is 14.5 Å². The van der Waals surface area contributed by atoms with Gasteiger partial charge < -0.3 is 14.2 Å². The van der Waals surface area contributed by atoms with Crippen LogP contribution >= 0.6 is 15.9 Å². The number of nitrogens with zero attached hydrogens (tertiary/aromatic N) is 3. The molecular weight excluding hydrogens is 679 g/mol. The number of aromatic nitrogens is 3. The number of ether oxygens (including phenoxy) is 3. The van der Waals surface area contributed by atoms with Crippen LogP contribution in [0.3, 0.4) is 0 Å². The Morgan fingerprint density at radius 1 is 0.978 bits per heavy atom. The van der Waals surface area contributed by atoms with Crippen molar-refractivity contribution in [2.24, 2.45) is 0 Å². The van der Waals surface area contributed by atoms with E-state index in [9.17, 15) is 18.0 Å². The van der Waals surface area contributed by atoms with Crippen LogP contribution in [0.15, 0.2) is 77.5 Å². The van der Waals surface area contributed by atoms with Gasteiger partial charge in [-0.3, -0.25) is 9.88 Å². The normalized spacial score (nSPS) is 12.3. The lowest BCUT2D eigenvalue weighted by atomic mass is 10.1. The monoisotopic (exact) mass is 704 g/mol. The average molecular weight is 705 g/mol. The smallest absolute Gasteiger partial charge is 0.412 e. The van der Waals surface area contributed by atoms with E-state index in [1.165, 1.54) is 24.3 Å². The molecule has 240 valence electrons. The molecule has 0 fully saturated rings. The van der Waals surface area contributed by atoms with Crippen molar-refractivity contribution in [3.63, 3.8) is 0 Å². The van der Waals surface area contributed by atoms with Crippen molar-refractivity contribution in [2.45, 2.75) is 45.8 Å². The van der Waals surface area contributed by atoms with E-state index in [0.29, 0.717) is 11.3 Å². The van der Waals surface area contributed by atoms with Crippen molar-refractivity contribution in [2.75, 3.05) is 5.32 Å². The molecule has 3 aromatic carbocycles. The molecule has 1 unspecified atom stereocenters. The second-order valence-corrected chi connectivity index (χ2v) is 11.7. The number of fused-ring (bicyclic) bond motifs is 1. The van der Waals surface area contributed by atoms with Crippen LogP contribution in [0, 0.1) is 11.6 Å². The van der Waals surface area contributed by atoms with Crippen LogP contribution in [0.5, 0.6) is 11.6 Å². The molecule has 0 saturated carbocycles. The molecule has 8 nitrogen and oxygen atoms in total. The first kappa shape index (κ1) is 32.7. The molecule has 14 heteroatoms. The quantitative estimate of drug-likeness (QED) is 0.154. The van der Waals surface area contributed by atoms with Crippen molar-refractivity contribution < 1.29 is 41.0 Å². The molecule has 0 aliphatic heterocycles. The van der Waals surface area contributed by atoms with E-state index in [-0.39, 0.29) is 33.6 Å². The number of halogens is 6. The summed E-state index contributed by atoms with van der Waals surface area (Å²) >= 11 is 3.40. The highest BCUT2D eigenvalue weighted by molar-refractivity contribution is 9.10. The summed E-state index contributed by atoms with van der Waals surface area (Å²) in [5, 5.41) is 2.59. The van der Waals surface area contributed by atoms with Gasteiger partial charge in [0.2, 0.25) is 5.88 Å². The Labute approximate surface area is 268 Å². The van der Waals surface area contributed by atoms with Crippen LogP contribution in [0.1, 0.15) is 26.3 Å². The molecule has 2 aromatic heterocycles. The largest absolute Gasteiger partial charge is 0.489 e. The third-order valence-corrected chi connectivity index (χ3v) is 7.09. The molecule has 0 aliphatic carbocycles. The highest BCUT2D eigenvalue weighted by Gasteiger charge is 2.30. The Kier molecular flexibility index (Phi) is 9.47. The van der Waals surface area contributed by atoms with E-state index < -0.39 is 47.7 Å². The minimum Gasteiger partial charge on any atom is -0.489 e. The lowest BCUT2D eigenvalue weighted by Crippen LogP contribution is -2.27. The lowest BCUT2D eigenvalue weighted by Gasteiger charge is -2.20. The number of nitrogens with one attached hydrogen (secondary N) is 1. The summed E-state index contributed by atoms with van der Waals surface area (Å²) < 4.78 is 89.1. The molecular formula is C32H26BrF5N4O4. The third-order valence-electron chi connectivity index (χ3n) is 6.34. The molecule has 0 bridgehead atoms. The van der Waals surface area contributed by atoms with Gasteiger partial charge in [0.25, 0.3) is 6.36 Å². The summed E-state index contributed by atoms with van der Waals surface area (Å²) in [6.45, 7) is 5.15. The molecule has 0 spiro atoms. The topological polar surface area (TPSA) is 87.5 Å². The molecule has 0 saturated heterocycles. The summed E-state index contributed by atoms with van der Waals surface area (Å²) in [4.78, 5) is 20.2. The first-order chi connectivity index (χ1) is 21.8. The van der Waals surface area contributed by atoms with Crippen LogP contribution in [-0.2, 0) is 11.3 Å². The van der Waals surface area contributed by atoms with E-state index in [4.69, 9.17) is 14.2 Å². The number of benzene rings is 3. The standard InChI is InChI=1S/C32H26BrF5N4O4/c1-32(2,3)46-31(43)41-19-11-9-18(10-12-19)25-23(33)24-27(30(40-16-39-24)45-29(38)28(36)37)42(25)26-21(34)13-20(14-22(26)35)44-15-17-7-5-4-6-8-17/h4-14,16,28-29H,15H2,1-3H3,(H,41,43). The molecule has 5 aromatic rings. The Bertz CT molecular complexity index is 1840. The van der Waals surface area contributed by atoms with Crippen molar-refractivity contribution >= 4 is 38.7 Å². The maximum absolute atomic E-state index is 15.9. The van der Waals surface area contributed by atoms with Gasteiger partial charge in [0.15, 0.2) is 11.6 Å². The fourth-order valence-electron chi connectivity index (χ4n) is 4.48. The molecule has 2 heterocycles. The van der Waals surface area contributed by atoms with Crippen molar-refractivity contribution in [3.05, 3.63) is 94.7 Å². The number of carbonyl (C=O) groups is 1. The minimum absolute atomic E-state index is 0.0133. The number of hydrogen-bond donors (Lipinski definition) is 1. The van der Waals surface area contributed by atoms with Gasteiger partial charge in [-0.1, -0.05) is 42.5 Å². The van der Waals surface area contributed by atoms with Gasteiger partial charge >= 0.3 is 12.5 Å². The summed E-state index contributed by atoms with van der Waals surface area (Å²) in [5.41, 5.74) is -0.184. The Morgan fingerprint density at radius 3 is 2.24 bits per heavy atom. The molecule has 0 aliphatic rings. The van der Waals surface area contributed by atoms with Crippen LogP contribution in [0.2, 0.25) is 0 Å². The number of amides is 1. The van der Waals surface area contributed by atoms with E-state index in [1.54, 1.807) is 45.0 Å². The zero-order chi connectivity index (χ0) is 33.2. The first-order valence-corrected chi connectivity index (χ1v) is 14.5. The highest BCUT2D eigenvalue weighted by Crippen LogP contribution is 2.43. The van der Waals surface area contributed by atoms with E-state index in [2.05, 4.69) is 31.2 Å². The number of alkyl halides is 3. The number of carbonyl (C=O) groups excluding carboxylic acids is 1.